The van der Waals surface area contributed by atoms with Gasteiger partial charge in [-0.1, -0.05) is 18.2 Å². The topological polar surface area (TPSA) is 49.3 Å². The molecule has 2 atom stereocenters. The van der Waals surface area contributed by atoms with Crippen LogP contribution < -0.4 is 5.32 Å². The van der Waals surface area contributed by atoms with Crippen molar-refractivity contribution >= 4 is 5.97 Å². The molecular formula is C13H17NO2. The third-order valence-corrected chi connectivity index (χ3v) is 3.44. The minimum atomic E-state index is -0.697. The van der Waals surface area contributed by atoms with Gasteiger partial charge >= 0.3 is 5.97 Å². The lowest BCUT2D eigenvalue weighted by Gasteiger charge is -2.19. The van der Waals surface area contributed by atoms with Crippen LogP contribution in [0.2, 0.25) is 0 Å². The van der Waals surface area contributed by atoms with E-state index in [4.69, 9.17) is 0 Å². The molecule has 1 aromatic carbocycles. The monoisotopic (exact) mass is 219 g/mol. The third-order valence-electron chi connectivity index (χ3n) is 3.44. The smallest absolute Gasteiger partial charge is 0.308 e. The van der Waals surface area contributed by atoms with E-state index >= 15 is 0 Å². The van der Waals surface area contributed by atoms with Gasteiger partial charge in [0.2, 0.25) is 0 Å². The number of hydrogen-bond donors (Lipinski definition) is 2. The van der Waals surface area contributed by atoms with E-state index in [1.165, 1.54) is 16.7 Å². The molecule has 1 heterocycles. The lowest BCUT2D eigenvalue weighted by Crippen LogP contribution is -2.22. The van der Waals surface area contributed by atoms with Gasteiger partial charge in [-0.2, -0.15) is 0 Å². The van der Waals surface area contributed by atoms with Crippen molar-refractivity contribution in [1.82, 2.24) is 5.32 Å². The van der Waals surface area contributed by atoms with Crippen LogP contribution in [0.5, 0.6) is 0 Å². The Morgan fingerprint density at radius 3 is 2.50 bits per heavy atom. The summed E-state index contributed by atoms with van der Waals surface area (Å²) in [4.78, 5) is 11.2. The molecule has 1 aliphatic rings. The lowest BCUT2D eigenvalue weighted by atomic mass is 9.84. The van der Waals surface area contributed by atoms with E-state index < -0.39 is 5.97 Å². The van der Waals surface area contributed by atoms with Crippen molar-refractivity contribution in [3.8, 4) is 0 Å². The summed E-state index contributed by atoms with van der Waals surface area (Å²) in [5.41, 5.74) is 3.60. The van der Waals surface area contributed by atoms with Gasteiger partial charge in [0, 0.05) is 19.0 Å². The second kappa shape index (κ2) is 4.26. The summed E-state index contributed by atoms with van der Waals surface area (Å²) in [5.74, 6) is -0.879. The molecule has 0 radical (unpaired) electrons. The van der Waals surface area contributed by atoms with Gasteiger partial charge in [-0.3, -0.25) is 4.79 Å². The first-order chi connectivity index (χ1) is 7.61. The highest BCUT2D eigenvalue weighted by atomic mass is 16.4. The number of aryl methyl sites for hydroxylation is 2. The molecular weight excluding hydrogens is 202 g/mol. The highest BCUT2D eigenvalue weighted by Crippen LogP contribution is 2.32. The summed E-state index contributed by atoms with van der Waals surface area (Å²) in [6.45, 7) is 5.45. The second-order valence-corrected chi connectivity index (χ2v) is 4.51. The standard InChI is InChI=1S/C13H17NO2/c1-8-4-3-5-9(2)12(8)10-6-14-7-11(10)13(15)16/h3-5,10-11,14H,6-7H2,1-2H3,(H,15,16). The van der Waals surface area contributed by atoms with Crippen LogP contribution >= 0.6 is 0 Å². The molecule has 0 saturated carbocycles. The molecule has 1 fully saturated rings. The van der Waals surface area contributed by atoms with Crippen molar-refractivity contribution < 1.29 is 9.90 Å². The molecule has 3 heteroatoms. The Morgan fingerprint density at radius 1 is 1.31 bits per heavy atom. The third kappa shape index (κ3) is 1.83. The van der Waals surface area contributed by atoms with Crippen LogP contribution in [-0.4, -0.2) is 24.2 Å². The number of aliphatic carboxylic acids is 1. The molecule has 86 valence electrons. The van der Waals surface area contributed by atoms with Crippen LogP contribution in [0.1, 0.15) is 22.6 Å². The Hall–Kier alpha value is -1.35. The van der Waals surface area contributed by atoms with Gasteiger partial charge in [0.1, 0.15) is 0 Å². The fourth-order valence-electron chi connectivity index (χ4n) is 2.65. The molecule has 0 aromatic heterocycles. The van der Waals surface area contributed by atoms with Crippen LogP contribution in [0.15, 0.2) is 18.2 Å². The van der Waals surface area contributed by atoms with Crippen LogP contribution in [-0.2, 0) is 4.79 Å². The van der Waals surface area contributed by atoms with Crippen LogP contribution in [0.4, 0.5) is 0 Å². The van der Waals surface area contributed by atoms with Crippen LogP contribution in [0.25, 0.3) is 0 Å². The first-order valence-electron chi connectivity index (χ1n) is 5.61. The molecule has 2 rings (SSSR count). The summed E-state index contributed by atoms with van der Waals surface area (Å²) >= 11 is 0. The van der Waals surface area contributed by atoms with Gasteiger partial charge in [0.05, 0.1) is 5.92 Å². The highest BCUT2D eigenvalue weighted by Gasteiger charge is 2.35. The van der Waals surface area contributed by atoms with Crippen molar-refractivity contribution in [1.29, 1.82) is 0 Å². The van der Waals surface area contributed by atoms with E-state index in [9.17, 15) is 9.90 Å². The summed E-state index contributed by atoms with van der Waals surface area (Å²) in [6.07, 6.45) is 0. The van der Waals surface area contributed by atoms with Crippen LogP contribution in [0.3, 0.4) is 0 Å². The fraction of sp³-hybridized carbons (Fsp3) is 0.462. The van der Waals surface area contributed by atoms with Gasteiger partial charge in [0.15, 0.2) is 0 Å². The zero-order chi connectivity index (χ0) is 11.7. The van der Waals surface area contributed by atoms with Crippen molar-refractivity contribution in [2.75, 3.05) is 13.1 Å². The largest absolute Gasteiger partial charge is 0.481 e. The first kappa shape index (κ1) is 11.1. The average molecular weight is 219 g/mol. The van der Waals surface area contributed by atoms with Gasteiger partial charge in [-0.25, -0.2) is 0 Å². The predicted molar refractivity (Wildman–Crippen MR) is 62.7 cm³/mol. The van der Waals surface area contributed by atoms with Crippen molar-refractivity contribution in [2.24, 2.45) is 5.92 Å². The number of carbonyl (C=O) groups is 1. The second-order valence-electron chi connectivity index (χ2n) is 4.51. The molecule has 1 aliphatic heterocycles. The van der Waals surface area contributed by atoms with E-state index in [1.807, 2.05) is 6.07 Å². The van der Waals surface area contributed by atoms with E-state index in [-0.39, 0.29) is 11.8 Å². The molecule has 1 aromatic rings. The Bertz CT molecular complexity index is 394. The van der Waals surface area contributed by atoms with E-state index in [0.29, 0.717) is 6.54 Å². The zero-order valence-electron chi connectivity index (χ0n) is 9.66. The maximum atomic E-state index is 11.2. The molecule has 3 nitrogen and oxygen atoms in total. The summed E-state index contributed by atoms with van der Waals surface area (Å²) < 4.78 is 0. The maximum absolute atomic E-state index is 11.2. The molecule has 16 heavy (non-hydrogen) atoms. The minimum Gasteiger partial charge on any atom is -0.481 e. The van der Waals surface area contributed by atoms with Gasteiger partial charge in [-0.15, -0.1) is 0 Å². The molecule has 2 unspecified atom stereocenters. The number of benzene rings is 1. The number of rotatable bonds is 2. The van der Waals surface area contributed by atoms with E-state index in [1.54, 1.807) is 0 Å². The Kier molecular flexibility index (Phi) is 2.97. The number of carboxylic acid groups (broad SMARTS) is 1. The summed E-state index contributed by atoms with van der Waals surface area (Å²) in [6, 6.07) is 6.13. The van der Waals surface area contributed by atoms with Crippen molar-refractivity contribution in [2.45, 2.75) is 19.8 Å². The fourth-order valence-corrected chi connectivity index (χ4v) is 2.65. The number of hydrogen-bond acceptors (Lipinski definition) is 2. The predicted octanol–water partition coefficient (Wildman–Crippen LogP) is 1.69. The molecule has 1 saturated heterocycles. The quantitative estimate of drug-likeness (QED) is 0.795. The van der Waals surface area contributed by atoms with Crippen LogP contribution in [0, 0.1) is 19.8 Å². The number of carboxylic acids is 1. The minimum absolute atomic E-state index is 0.110. The molecule has 0 spiro atoms. The van der Waals surface area contributed by atoms with Gasteiger partial charge in [-0.05, 0) is 30.5 Å². The maximum Gasteiger partial charge on any atom is 0.308 e. The zero-order valence-corrected chi connectivity index (χ0v) is 9.66. The number of nitrogens with one attached hydrogen (secondary N) is 1. The summed E-state index contributed by atoms with van der Waals surface area (Å²) in [7, 11) is 0. The Morgan fingerprint density at radius 2 is 1.94 bits per heavy atom. The first-order valence-corrected chi connectivity index (χ1v) is 5.61. The molecule has 0 bridgehead atoms. The Labute approximate surface area is 95.5 Å². The lowest BCUT2D eigenvalue weighted by molar-refractivity contribution is -0.141. The SMILES string of the molecule is Cc1cccc(C)c1C1CNCC1C(=O)O. The van der Waals surface area contributed by atoms with Gasteiger partial charge in [0.25, 0.3) is 0 Å². The average Bonchev–Trinajstić information content (AvgIpc) is 2.66. The van der Waals surface area contributed by atoms with Crippen molar-refractivity contribution in [3.63, 3.8) is 0 Å². The molecule has 0 amide bonds. The van der Waals surface area contributed by atoms with Gasteiger partial charge < -0.3 is 10.4 Å². The summed E-state index contributed by atoms with van der Waals surface area (Å²) in [5, 5.41) is 12.4. The molecule has 2 N–H and O–H groups in total. The van der Waals surface area contributed by atoms with E-state index in [0.717, 1.165) is 6.54 Å². The Balaban J connectivity index is 2.40. The molecule has 0 aliphatic carbocycles. The highest BCUT2D eigenvalue weighted by molar-refractivity contribution is 5.72. The van der Waals surface area contributed by atoms with E-state index in [2.05, 4.69) is 31.3 Å². The normalized spacial score (nSPS) is 24.6. The van der Waals surface area contributed by atoms with Crippen molar-refractivity contribution in [3.05, 3.63) is 34.9 Å².